The minimum absolute atomic E-state index is 0.120. The molecule has 0 radical (unpaired) electrons. The highest BCUT2D eigenvalue weighted by atomic mass is 16.2. The Labute approximate surface area is 116 Å². The molecule has 1 unspecified atom stereocenters. The van der Waals surface area contributed by atoms with Crippen molar-refractivity contribution >= 4 is 5.91 Å². The molecule has 3 heteroatoms. The molecule has 1 aliphatic heterocycles. The van der Waals surface area contributed by atoms with Gasteiger partial charge in [0.05, 0.1) is 0 Å². The zero-order valence-corrected chi connectivity index (χ0v) is 12.4. The molecule has 1 aromatic carbocycles. The van der Waals surface area contributed by atoms with Crippen LogP contribution in [0.3, 0.4) is 0 Å². The maximum atomic E-state index is 12.5. The van der Waals surface area contributed by atoms with Gasteiger partial charge >= 0.3 is 0 Å². The second-order valence-corrected chi connectivity index (χ2v) is 5.81. The van der Waals surface area contributed by atoms with E-state index >= 15 is 0 Å². The third kappa shape index (κ3) is 2.98. The van der Waals surface area contributed by atoms with E-state index in [0.717, 1.165) is 25.1 Å². The van der Waals surface area contributed by atoms with Crippen LogP contribution in [0.2, 0.25) is 0 Å². The van der Waals surface area contributed by atoms with Gasteiger partial charge in [-0.3, -0.25) is 4.79 Å². The smallest absolute Gasteiger partial charge is 0.253 e. The number of hydrogen-bond acceptors (Lipinski definition) is 2. The number of carbonyl (C=O) groups excluding carboxylic acids is 1. The molecular weight excluding hydrogens is 236 g/mol. The lowest BCUT2D eigenvalue weighted by atomic mass is 9.97. The van der Waals surface area contributed by atoms with E-state index < -0.39 is 0 Å². The summed E-state index contributed by atoms with van der Waals surface area (Å²) in [6.07, 6.45) is 1.06. The summed E-state index contributed by atoms with van der Waals surface area (Å²) in [5, 5.41) is 3.35. The van der Waals surface area contributed by atoms with Crippen LogP contribution in [0.1, 0.15) is 42.3 Å². The highest BCUT2D eigenvalue weighted by Crippen LogP contribution is 2.18. The van der Waals surface area contributed by atoms with Crippen LogP contribution in [-0.4, -0.2) is 30.4 Å². The normalized spacial score (nSPS) is 16.1. The Morgan fingerprint density at radius 2 is 2.00 bits per heavy atom. The Kier molecular flexibility index (Phi) is 4.25. The Hall–Kier alpha value is -1.35. The summed E-state index contributed by atoms with van der Waals surface area (Å²) < 4.78 is 0. The molecular formula is C16H24N2O. The van der Waals surface area contributed by atoms with Crippen LogP contribution < -0.4 is 5.32 Å². The Bertz CT molecular complexity index is 468. The summed E-state index contributed by atoms with van der Waals surface area (Å²) in [7, 11) is 1.89. The van der Waals surface area contributed by atoms with Crippen molar-refractivity contribution in [3.8, 4) is 0 Å². The van der Waals surface area contributed by atoms with Gasteiger partial charge in [-0.2, -0.15) is 0 Å². The van der Waals surface area contributed by atoms with Gasteiger partial charge in [-0.25, -0.2) is 0 Å². The van der Waals surface area contributed by atoms with Gasteiger partial charge in [-0.15, -0.1) is 0 Å². The second-order valence-electron chi connectivity index (χ2n) is 5.81. The van der Waals surface area contributed by atoms with E-state index in [1.807, 2.05) is 24.1 Å². The molecule has 1 N–H and O–H groups in total. The van der Waals surface area contributed by atoms with E-state index in [1.54, 1.807) is 0 Å². The van der Waals surface area contributed by atoms with Crippen molar-refractivity contribution in [2.75, 3.05) is 13.6 Å². The van der Waals surface area contributed by atoms with Gasteiger partial charge < -0.3 is 10.2 Å². The first-order valence-corrected chi connectivity index (χ1v) is 7.10. The summed E-state index contributed by atoms with van der Waals surface area (Å²) in [6, 6.07) is 6.38. The molecule has 1 aliphatic rings. The summed E-state index contributed by atoms with van der Waals surface area (Å²) in [6.45, 7) is 8.30. The molecule has 3 nitrogen and oxygen atoms in total. The third-order valence-corrected chi connectivity index (χ3v) is 4.24. The lowest BCUT2D eigenvalue weighted by Crippen LogP contribution is -2.38. The largest absolute Gasteiger partial charge is 0.339 e. The average molecular weight is 260 g/mol. The zero-order chi connectivity index (χ0) is 14.0. The zero-order valence-electron chi connectivity index (χ0n) is 12.4. The Morgan fingerprint density at radius 3 is 2.68 bits per heavy atom. The number of rotatable bonds is 3. The molecule has 0 saturated carbocycles. The third-order valence-electron chi connectivity index (χ3n) is 4.24. The molecule has 1 atom stereocenters. The Morgan fingerprint density at radius 1 is 1.26 bits per heavy atom. The van der Waals surface area contributed by atoms with Gasteiger partial charge in [-0.05, 0) is 49.1 Å². The minimum Gasteiger partial charge on any atom is -0.339 e. The first kappa shape index (κ1) is 14.1. The number of nitrogens with zero attached hydrogens (tertiary/aromatic N) is 1. The molecule has 0 aromatic heterocycles. The van der Waals surface area contributed by atoms with Gasteiger partial charge in [-0.1, -0.05) is 19.9 Å². The molecule has 2 rings (SSSR count). The monoisotopic (exact) mass is 260 g/mol. The average Bonchev–Trinajstić information content (AvgIpc) is 2.44. The number of fused-ring (bicyclic) bond motifs is 1. The van der Waals surface area contributed by atoms with Gasteiger partial charge in [0.1, 0.15) is 0 Å². The van der Waals surface area contributed by atoms with Crippen LogP contribution in [0.15, 0.2) is 18.2 Å². The minimum atomic E-state index is 0.120. The summed E-state index contributed by atoms with van der Waals surface area (Å²) in [4.78, 5) is 14.3. The van der Waals surface area contributed by atoms with E-state index in [4.69, 9.17) is 0 Å². The number of benzene rings is 1. The molecule has 0 bridgehead atoms. The SMILES string of the molecule is CC(C)C(C)N(C)C(=O)c1ccc2c(c1)CNCC2. The highest BCUT2D eigenvalue weighted by molar-refractivity contribution is 5.94. The van der Waals surface area contributed by atoms with Crippen molar-refractivity contribution in [3.63, 3.8) is 0 Å². The van der Waals surface area contributed by atoms with Crippen LogP contribution in [0.25, 0.3) is 0 Å². The maximum absolute atomic E-state index is 12.5. The number of nitrogens with one attached hydrogen (secondary N) is 1. The maximum Gasteiger partial charge on any atom is 0.253 e. The molecule has 1 amide bonds. The molecule has 0 saturated heterocycles. The molecule has 104 valence electrons. The van der Waals surface area contributed by atoms with Crippen molar-refractivity contribution in [3.05, 3.63) is 34.9 Å². The summed E-state index contributed by atoms with van der Waals surface area (Å²) in [5.41, 5.74) is 3.44. The van der Waals surface area contributed by atoms with Crippen LogP contribution in [0, 0.1) is 5.92 Å². The van der Waals surface area contributed by atoms with Gasteiger partial charge in [0, 0.05) is 25.2 Å². The fourth-order valence-corrected chi connectivity index (χ4v) is 2.45. The van der Waals surface area contributed by atoms with Gasteiger partial charge in [0.2, 0.25) is 0 Å². The molecule has 19 heavy (non-hydrogen) atoms. The number of amides is 1. The first-order chi connectivity index (χ1) is 9.00. The predicted octanol–water partition coefficient (Wildman–Crippen LogP) is 2.45. The van der Waals surface area contributed by atoms with Crippen molar-refractivity contribution in [1.82, 2.24) is 10.2 Å². The van der Waals surface area contributed by atoms with E-state index in [0.29, 0.717) is 5.92 Å². The van der Waals surface area contributed by atoms with Crippen LogP contribution >= 0.6 is 0 Å². The molecule has 1 heterocycles. The first-order valence-electron chi connectivity index (χ1n) is 7.10. The fraction of sp³-hybridized carbons (Fsp3) is 0.562. The highest BCUT2D eigenvalue weighted by Gasteiger charge is 2.21. The predicted molar refractivity (Wildman–Crippen MR) is 78.2 cm³/mol. The van der Waals surface area contributed by atoms with Crippen molar-refractivity contribution in [2.45, 2.75) is 39.8 Å². The quantitative estimate of drug-likeness (QED) is 0.905. The fourth-order valence-electron chi connectivity index (χ4n) is 2.45. The number of carbonyl (C=O) groups is 1. The molecule has 0 aliphatic carbocycles. The van der Waals surface area contributed by atoms with E-state index in [2.05, 4.69) is 32.2 Å². The van der Waals surface area contributed by atoms with Crippen LogP contribution in [0.4, 0.5) is 0 Å². The Balaban J connectivity index is 2.19. The number of hydrogen-bond donors (Lipinski definition) is 1. The van der Waals surface area contributed by atoms with E-state index in [-0.39, 0.29) is 11.9 Å². The lowest BCUT2D eigenvalue weighted by molar-refractivity contribution is 0.0707. The lowest BCUT2D eigenvalue weighted by Gasteiger charge is -2.28. The second kappa shape index (κ2) is 5.74. The van der Waals surface area contributed by atoms with Crippen molar-refractivity contribution < 1.29 is 4.79 Å². The summed E-state index contributed by atoms with van der Waals surface area (Å²) in [5.74, 6) is 0.586. The van der Waals surface area contributed by atoms with Gasteiger partial charge in [0.25, 0.3) is 5.91 Å². The summed E-state index contributed by atoms with van der Waals surface area (Å²) >= 11 is 0. The van der Waals surface area contributed by atoms with E-state index in [9.17, 15) is 4.79 Å². The van der Waals surface area contributed by atoms with Crippen molar-refractivity contribution in [1.29, 1.82) is 0 Å². The molecule has 0 fully saturated rings. The standard InChI is InChI=1S/C16H24N2O/c1-11(2)12(3)18(4)16(19)14-6-5-13-7-8-17-10-15(13)9-14/h5-6,9,11-12,17H,7-8,10H2,1-4H3. The van der Waals surface area contributed by atoms with Crippen molar-refractivity contribution in [2.24, 2.45) is 5.92 Å². The van der Waals surface area contributed by atoms with Crippen LogP contribution in [-0.2, 0) is 13.0 Å². The van der Waals surface area contributed by atoms with Gasteiger partial charge in [0.15, 0.2) is 0 Å². The molecule has 0 spiro atoms. The molecule has 1 aromatic rings. The topological polar surface area (TPSA) is 32.3 Å². The van der Waals surface area contributed by atoms with E-state index in [1.165, 1.54) is 11.1 Å². The van der Waals surface area contributed by atoms with Crippen LogP contribution in [0.5, 0.6) is 0 Å².